The van der Waals surface area contributed by atoms with Crippen molar-refractivity contribution in [3.8, 4) is 0 Å². The standard InChI is InChI=1S/C16H19NO3/c18-9-14-7-11-6-12(2-3-15(11)20-14)17-13-8-16(19-10-13)4-1-5-16/h2-3,6-7,13,17-18H,1,4-5,8-10H2. The lowest BCUT2D eigenvalue weighted by Gasteiger charge is -2.37. The van der Waals surface area contributed by atoms with E-state index in [1.54, 1.807) is 0 Å². The molecule has 1 spiro atoms. The van der Waals surface area contributed by atoms with Gasteiger partial charge in [0.25, 0.3) is 0 Å². The second-order valence-electron chi connectivity index (χ2n) is 6.02. The van der Waals surface area contributed by atoms with Gasteiger partial charge in [0, 0.05) is 11.1 Å². The molecule has 1 atom stereocenters. The van der Waals surface area contributed by atoms with Crippen LogP contribution in [-0.2, 0) is 11.3 Å². The molecule has 1 saturated carbocycles. The summed E-state index contributed by atoms with van der Waals surface area (Å²) in [7, 11) is 0. The Morgan fingerprint density at radius 3 is 2.90 bits per heavy atom. The van der Waals surface area contributed by atoms with Gasteiger partial charge in [0.2, 0.25) is 0 Å². The molecule has 0 amide bonds. The third-order valence-corrected chi connectivity index (χ3v) is 4.57. The zero-order valence-corrected chi connectivity index (χ0v) is 11.4. The van der Waals surface area contributed by atoms with Crippen LogP contribution in [0.15, 0.2) is 28.7 Å². The average Bonchev–Trinajstić information content (AvgIpc) is 3.01. The number of nitrogens with one attached hydrogen (secondary N) is 1. The number of ether oxygens (including phenoxy) is 1. The topological polar surface area (TPSA) is 54.6 Å². The molecule has 1 unspecified atom stereocenters. The highest BCUT2D eigenvalue weighted by atomic mass is 16.5. The zero-order valence-electron chi connectivity index (χ0n) is 11.4. The quantitative estimate of drug-likeness (QED) is 0.902. The highest BCUT2D eigenvalue weighted by Gasteiger charge is 2.44. The molecule has 4 nitrogen and oxygen atoms in total. The smallest absolute Gasteiger partial charge is 0.134 e. The van der Waals surface area contributed by atoms with Gasteiger partial charge in [-0.1, -0.05) is 0 Å². The van der Waals surface area contributed by atoms with Gasteiger partial charge in [-0.3, -0.25) is 0 Å². The summed E-state index contributed by atoms with van der Waals surface area (Å²) in [6, 6.07) is 8.34. The van der Waals surface area contributed by atoms with Crippen molar-refractivity contribution in [2.75, 3.05) is 11.9 Å². The lowest BCUT2D eigenvalue weighted by Crippen LogP contribution is -2.36. The van der Waals surface area contributed by atoms with Crippen molar-refractivity contribution in [3.05, 3.63) is 30.0 Å². The number of hydrogen-bond donors (Lipinski definition) is 2. The van der Waals surface area contributed by atoms with E-state index in [0.29, 0.717) is 11.8 Å². The Kier molecular flexibility index (Phi) is 2.75. The molecule has 0 radical (unpaired) electrons. The van der Waals surface area contributed by atoms with Crippen molar-refractivity contribution in [1.82, 2.24) is 0 Å². The first-order valence-corrected chi connectivity index (χ1v) is 7.30. The molecule has 2 N–H and O–H groups in total. The largest absolute Gasteiger partial charge is 0.459 e. The van der Waals surface area contributed by atoms with Crippen LogP contribution in [0.5, 0.6) is 0 Å². The predicted molar refractivity (Wildman–Crippen MR) is 76.7 cm³/mol. The van der Waals surface area contributed by atoms with Gasteiger partial charge in [0.05, 0.1) is 18.2 Å². The van der Waals surface area contributed by atoms with Gasteiger partial charge >= 0.3 is 0 Å². The number of aliphatic hydroxyl groups is 1. The van der Waals surface area contributed by atoms with Crippen LogP contribution in [0, 0.1) is 0 Å². The molecule has 1 aliphatic heterocycles. The highest BCUT2D eigenvalue weighted by molar-refractivity contribution is 5.82. The summed E-state index contributed by atoms with van der Waals surface area (Å²) in [4.78, 5) is 0. The highest BCUT2D eigenvalue weighted by Crippen LogP contribution is 2.43. The van der Waals surface area contributed by atoms with Crippen molar-refractivity contribution in [1.29, 1.82) is 0 Å². The van der Waals surface area contributed by atoms with E-state index in [9.17, 15) is 0 Å². The van der Waals surface area contributed by atoms with Crippen LogP contribution >= 0.6 is 0 Å². The summed E-state index contributed by atoms with van der Waals surface area (Å²) in [6.07, 6.45) is 4.84. The van der Waals surface area contributed by atoms with Crippen LogP contribution in [-0.4, -0.2) is 23.4 Å². The number of anilines is 1. The summed E-state index contributed by atoms with van der Waals surface area (Å²) in [5.41, 5.74) is 2.09. The molecule has 2 aromatic rings. The number of furan rings is 1. The molecule has 106 valence electrons. The molecular weight excluding hydrogens is 254 g/mol. The maximum atomic E-state index is 9.10. The van der Waals surface area contributed by atoms with E-state index in [0.717, 1.165) is 29.7 Å². The molecular formula is C16H19NO3. The maximum absolute atomic E-state index is 9.10. The van der Waals surface area contributed by atoms with Crippen LogP contribution in [0.3, 0.4) is 0 Å². The Balaban J connectivity index is 1.51. The van der Waals surface area contributed by atoms with E-state index >= 15 is 0 Å². The number of aliphatic hydroxyl groups excluding tert-OH is 1. The first-order chi connectivity index (χ1) is 9.76. The van der Waals surface area contributed by atoms with Crippen LogP contribution in [0.1, 0.15) is 31.4 Å². The molecule has 2 fully saturated rings. The fourth-order valence-electron chi connectivity index (χ4n) is 3.36. The summed E-state index contributed by atoms with van der Waals surface area (Å²) < 4.78 is 11.5. The Bertz CT molecular complexity index is 630. The van der Waals surface area contributed by atoms with E-state index < -0.39 is 0 Å². The van der Waals surface area contributed by atoms with E-state index in [1.807, 2.05) is 18.2 Å². The molecule has 1 saturated heterocycles. The monoisotopic (exact) mass is 273 g/mol. The molecule has 0 bridgehead atoms. The van der Waals surface area contributed by atoms with E-state index in [2.05, 4.69) is 11.4 Å². The fourth-order valence-corrected chi connectivity index (χ4v) is 3.36. The molecule has 2 aliphatic rings. The average molecular weight is 273 g/mol. The maximum Gasteiger partial charge on any atom is 0.134 e. The van der Waals surface area contributed by atoms with Gasteiger partial charge in [-0.15, -0.1) is 0 Å². The van der Waals surface area contributed by atoms with Gasteiger partial charge < -0.3 is 19.6 Å². The minimum absolute atomic E-state index is 0.0591. The Hall–Kier alpha value is -1.52. The number of fused-ring (bicyclic) bond motifs is 1. The molecule has 1 aromatic carbocycles. The second kappa shape index (κ2) is 4.50. The Morgan fingerprint density at radius 1 is 1.30 bits per heavy atom. The number of benzene rings is 1. The van der Waals surface area contributed by atoms with Crippen molar-refractivity contribution >= 4 is 16.7 Å². The van der Waals surface area contributed by atoms with Gasteiger partial charge in [-0.2, -0.15) is 0 Å². The van der Waals surface area contributed by atoms with Crippen molar-refractivity contribution in [2.24, 2.45) is 0 Å². The minimum Gasteiger partial charge on any atom is -0.459 e. The molecule has 1 aliphatic carbocycles. The van der Waals surface area contributed by atoms with Gasteiger partial charge in [0.1, 0.15) is 18.0 Å². The van der Waals surface area contributed by atoms with E-state index in [4.69, 9.17) is 14.3 Å². The predicted octanol–water partition coefficient (Wildman–Crippen LogP) is 3.05. The van der Waals surface area contributed by atoms with E-state index in [1.165, 1.54) is 19.3 Å². The van der Waals surface area contributed by atoms with Crippen LogP contribution in [0.4, 0.5) is 5.69 Å². The van der Waals surface area contributed by atoms with E-state index in [-0.39, 0.29) is 12.2 Å². The number of hydrogen-bond acceptors (Lipinski definition) is 4. The first-order valence-electron chi connectivity index (χ1n) is 7.30. The number of rotatable bonds is 3. The third kappa shape index (κ3) is 2.00. The Morgan fingerprint density at radius 2 is 2.20 bits per heavy atom. The second-order valence-corrected chi connectivity index (χ2v) is 6.02. The lowest BCUT2D eigenvalue weighted by molar-refractivity contribution is -0.0562. The zero-order chi connectivity index (χ0) is 13.6. The van der Waals surface area contributed by atoms with Crippen LogP contribution < -0.4 is 5.32 Å². The van der Waals surface area contributed by atoms with Crippen molar-refractivity contribution in [2.45, 2.75) is 43.9 Å². The minimum atomic E-state index is -0.0591. The molecule has 20 heavy (non-hydrogen) atoms. The van der Waals surface area contributed by atoms with Gasteiger partial charge in [0.15, 0.2) is 0 Å². The summed E-state index contributed by atoms with van der Waals surface area (Å²) in [5, 5.41) is 13.7. The third-order valence-electron chi connectivity index (χ3n) is 4.57. The van der Waals surface area contributed by atoms with Crippen molar-refractivity contribution in [3.63, 3.8) is 0 Å². The van der Waals surface area contributed by atoms with Crippen molar-refractivity contribution < 1.29 is 14.3 Å². The normalized spacial score (nSPS) is 24.1. The SMILES string of the molecule is OCc1cc2cc(NC3COC4(CCC4)C3)ccc2o1. The van der Waals surface area contributed by atoms with Crippen LogP contribution in [0.2, 0.25) is 0 Å². The summed E-state index contributed by atoms with van der Waals surface area (Å²) >= 11 is 0. The van der Waals surface area contributed by atoms with Gasteiger partial charge in [-0.25, -0.2) is 0 Å². The lowest BCUT2D eigenvalue weighted by atomic mass is 9.77. The molecule has 2 heterocycles. The molecule has 1 aromatic heterocycles. The first kappa shape index (κ1) is 12.2. The van der Waals surface area contributed by atoms with Gasteiger partial charge in [-0.05, 0) is 49.9 Å². The molecule has 4 heteroatoms. The Labute approximate surface area is 117 Å². The molecule has 4 rings (SSSR count). The fraction of sp³-hybridized carbons (Fsp3) is 0.500. The van der Waals surface area contributed by atoms with Crippen LogP contribution in [0.25, 0.3) is 11.0 Å². The summed E-state index contributed by atoms with van der Waals surface area (Å²) in [5.74, 6) is 0.606. The summed E-state index contributed by atoms with van der Waals surface area (Å²) in [6.45, 7) is 0.738.